The van der Waals surface area contributed by atoms with Crippen LogP contribution < -0.4 is 51.4 Å². The van der Waals surface area contributed by atoms with E-state index in [2.05, 4.69) is 0 Å². The third kappa shape index (κ3) is 14.1. The molecule has 0 spiro atoms. The summed E-state index contributed by atoms with van der Waals surface area (Å²) < 4.78 is 34.2. The molecule has 60 valence electrons. The van der Waals surface area contributed by atoms with Gasteiger partial charge in [-0.3, -0.25) is 0 Å². The third-order valence-electron chi connectivity index (χ3n) is 0.883. The first-order valence-electron chi connectivity index (χ1n) is 3.05. The monoisotopic (exact) mass is 192 g/mol. The van der Waals surface area contributed by atoms with Gasteiger partial charge < -0.3 is 18.1 Å². The fourth-order valence-corrected chi connectivity index (χ4v) is 0.460. The summed E-state index contributed by atoms with van der Waals surface area (Å²) in [4.78, 5) is 0. The van der Waals surface area contributed by atoms with Crippen molar-refractivity contribution in [2.75, 3.05) is 6.61 Å². The average Bonchev–Trinajstić information content (AvgIpc) is 1.78. The van der Waals surface area contributed by atoms with Crippen molar-refractivity contribution in [3.8, 4) is 0 Å². The molecule has 0 radical (unpaired) electrons. The van der Waals surface area contributed by atoms with Gasteiger partial charge in [-0.15, -0.1) is 12.1 Å². The molecule has 0 aromatic carbocycles. The molecule has 0 aromatic rings. The van der Waals surface area contributed by atoms with Crippen molar-refractivity contribution in [2.24, 2.45) is 0 Å². The predicted octanol–water partition coefficient (Wildman–Crippen LogP) is -1.29. The molecule has 0 atom stereocenters. The molecule has 0 aliphatic rings. The van der Waals surface area contributed by atoms with Gasteiger partial charge in [0.15, 0.2) is 0 Å². The van der Waals surface area contributed by atoms with E-state index in [1.54, 1.807) is 0 Å². The molecule has 0 rings (SSSR count). The van der Waals surface area contributed by atoms with Crippen LogP contribution in [-0.2, 0) is 0 Å². The summed E-state index contributed by atoms with van der Waals surface area (Å²) in [6.07, 6.45) is 1.72. The summed E-state index contributed by atoms with van der Waals surface area (Å²) in [6.45, 7) is -4.84. The molecule has 1 N–H and O–H groups in total. The Kier molecular flexibility index (Phi) is 10.5. The van der Waals surface area contributed by atoms with Crippen LogP contribution in [0.3, 0.4) is 0 Å². The Bertz CT molecular complexity index is 115. The number of rotatable bonds is 4. The maximum absolute atomic E-state index is 11.4. The molecule has 1 nitrogen and oxygen atoms in total. The van der Waals surface area contributed by atoms with Gasteiger partial charge in [-0.05, 0) is 12.8 Å². The second-order valence-electron chi connectivity index (χ2n) is 1.92. The van der Waals surface area contributed by atoms with Gasteiger partial charge in [0.25, 0.3) is 0 Å². The molecular weight excluding hydrogens is 183 g/mol. The van der Waals surface area contributed by atoms with E-state index in [1.165, 1.54) is 0 Å². The number of hydrogen-bond donors (Lipinski definition) is 1. The van der Waals surface area contributed by atoms with Gasteiger partial charge in [0, 0.05) is 6.61 Å². The Hall–Kier alpha value is 1.19. The van der Waals surface area contributed by atoms with Crippen LogP contribution in [0.1, 0.15) is 12.8 Å². The predicted molar refractivity (Wildman–Crippen MR) is 34.5 cm³/mol. The summed E-state index contributed by atoms with van der Waals surface area (Å²) in [5.74, 6) is 0.246. The molecule has 0 saturated carbocycles. The van der Waals surface area contributed by atoms with E-state index in [4.69, 9.17) is 5.11 Å². The van der Waals surface area contributed by atoms with Crippen molar-refractivity contribution in [2.45, 2.75) is 12.8 Å². The molecular formula is C5H9BF3KO. The molecule has 0 unspecified atom stereocenters. The first kappa shape index (κ1) is 14.7. The van der Waals surface area contributed by atoms with E-state index in [9.17, 15) is 12.9 Å². The first-order valence-corrected chi connectivity index (χ1v) is 3.05. The normalized spacial score (nSPS) is 11.6. The van der Waals surface area contributed by atoms with Gasteiger partial charge in [-0.2, -0.15) is 0 Å². The minimum absolute atomic E-state index is 0. The van der Waals surface area contributed by atoms with Crippen molar-refractivity contribution in [1.29, 1.82) is 0 Å². The van der Waals surface area contributed by atoms with Gasteiger partial charge in [0.1, 0.15) is 0 Å². The van der Waals surface area contributed by atoms with Crippen molar-refractivity contribution >= 4 is 6.98 Å². The minimum atomic E-state index is -4.78. The van der Waals surface area contributed by atoms with Crippen LogP contribution in [0.4, 0.5) is 12.9 Å². The number of unbranched alkanes of at least 4 members (excludes halogenated alkanes) is 1. The molecule has 0 amide bonds. The topological polar surface area (TPSA) is 20.2 Å². The Morgan fingerprint density at radius 3 is 2.18 bits per heavy atom. The van der Waals surface area contributed by atoms with Gasteiger partial charge in [-0.25, -0.2) is 0 Å². The maximum atomic E-state index is 11.4. The summed E-state index contributed by atoms with van der Waals surface area (Å²) >= 11 is 0. The van der Waals surface area contributed by atoms with E-state index in [-0.39, 0.29) is 70.4 Å². The van der Waals surface area contributed by atoms with Crippen LogP contribution in [-0.4, -0.2) is 18.7 Å². The van der Waals surface area contributed by atoms with E-state index in [0.717, 1.165) is 6.08 Å². The summed E-state index contributed by atoms with van der Waals surface area (Å²) in [7, 11) is 0. The molecule has 0 aliphatic heterocycles. The van der Waals surface area contributed by atoms with E-state index < -0.39 is 6.98 Å². The van der Waals surface area contributed by atoms with E-state index in [0.29, 0.717) is 6.42 Å². The summed E-state index contributed by atoms with van der Waals surface area (Å²) in [5.41, 5.74) is 0. The Morgan fingerprint density at radius 2 is 1.82 bits per heavy atom. The zero-order valence-electron chi connectivity index (χ0n) is 6.43. The first-order chi connectivity index (χ1) is 4.56. The molecule has 6 heteroatoms. The van der Waals surface area contributed by atoms with Crippen molar-refractivity contribution in [3.63, 3.8) is 0 Å². The maximum Gasteiger partial charge on any atom is 1.00 e. The molecule has 0 fully saturated rings. The van der Waals surface area contributed by atoms with E-state index in [1.807, 2.05) is 0 Å². The smallest absolute Gasteiger partial charge is 0.445 e. The number of aliphatic hydroxyl groups is 1. The molecule has 0 saturated heterocycles. The van der Waals surface area contributed by atoms with Crippen LogP contribution in [0.2, 0.25) is 0 Å². The van der Waals surface area contributed by atoms with Crippen molar-refractivity contribution in [1.82, 2.24) is 0 Å². The van der Waals surface area contributed by atoms with Crippen LogP contribution >= 0.6 is 0 Å². The zero-order valence-corrected chi connectivity index (χ0v) is 9.56. The van der Waals surface area contributed by atoms with Gasteiger partial charge in [0.05, 0.1) is 0 Å². The third-order valence-corrected chi connectivity index (χ3v) is 0.883. The van der Waals surface area contributed by atoms with Gasteiger partial charge >= 0.3 is 58.4 Å². The quantitative estimate of drug-likeness (QED) is 0.434. The minimum Gasteiger partial charge on any atom is -0.445 e. The molecule has 0 heterocycles. The van der Waals surface area contributed by atoms with Crippen LogP contribution in [0.5, 0.6) is 0 Å². The second-order valence-corrected chi connectivity index (χ2v) is 1.92. The molecule has 0 bridgehead atoms. The number of allylic oxidation sites excluding steroid dienone is 1. The molecule has 0 aliphatic carbocycles. The fourth-order valence-electron chi connectivity index (χ4n) is 0.460. The van der Waals surface area contributed by atoms with Crippen molar-refractivity contribution in [3.05, 3.63) is 12.1 Å². The van der Waals surface area contributed by atoms with Crippen LogP contribution in [0, 0.1) is 0 Å². The Balaban J connectivity index is 0. The number of hydrogen-bond acceptors (Lipinski definition) is 1. The van der Waals surface area contributed by atoms with Crippen molar-refractivity contribution < 1.29 is 69.4 Å². The summed E-state index contributed by atoms with van der Waals surface area (Å²) in [6, 6.07) is 0. The average molecular weight is 192 g/mol. The molecule has 11 heavy (non-hydrogen) atoms. The fraction of sp³-hybridized carbons (Fsp3) is 0.600. The zero-order chi connectivity index (χ0) is 8.04. The SMILES string of the molecule is OCCC/C=C/[B-](F)(F)F.[K+]. The standard InChI is InChI=1S/C5H9BF3O.K/c7-6(8,9)4-2-1-3-5-10;/h2,4,10H,1,3,5H2;/q-1;+1/b4-2+;. The second kappa shape index (κ2) is 7.82. The Labute approximate surface area is 107 Å². The van der Waals surface area contributed by atoms with Crippen LogP contribution in [0.25, 0.3) is 0 Å². The molecule has 0 aromatic heterocycles. The Morgan fingerprint density at radius 1 is 1.27 bits per heavy atom. The number of halogens is 3. The van der Waals surface area contributed by atoms with Gasteiger partial charge in [0.2, 0.25) is 0 Å². The summed E-state index contributed by atoms with van der Waals surface area (Å²) in [5, 5.41) is 8.19. The van der Waals surface area contributed by atoms with Gasteiger partial charge in [-0.1, -0.05) is 0 Å². The van der Waals surface area contributed by atoms with Crippen LogP contribution in [0.15, 0.2) is 12.1 Å². The number of aliphatic hydroxyl groups excluding tert-OH is 1. The largest absolute Gasteiger partial charge is 1.00 e. The van der Waals surface area contributed by atoms with E-state index >= 15 is 0 Å².